The molecule has 0 saturated carbocycles. The number of para-hydroxylation sites is 1. The maximum atomic E-state index is 12.8. The summed E-state index contributed by atoms with van der Waals surface area (Å²) in [5.74, 6) is -0.0375. The number of benzene rings is 1. The van der Waals surface area contributed by atoms with Crippen molar-refractivity contribution in [3.63, 3.8) is 0 Å². The lowest BCUT2D eigenvalue weighted by Gasteiger charge is -2.22. The Morgan fingerprint density at radius 1 is 1.29 bits per heavy atom. The molecule has 1 aliphatic heterocycles. The van der Waals surface area contributed by atoms with Crippen molar-refractivity contribution in [1.29, 1.82) is 0 Å². The first-order valence-corrected chi connectivity index (χ1v) is 7.41. The van der Waals surface area contributed by atoms with Gasteiger partial charge < -0.3 is 10.0 Å². The van der Waals surface area contributed by atoms with E-state index in [1.165, 1.54) is 0 Å². The van der Waals surface area contributed by atoms with Gasteiger partial charge in [0.1, 0.15) is 0 Å². The summed E-state index contributed by atoms with van der Waals surface area (Å²) in [6.45, 7) is 3.10. The number of aromatic nitrogens is 2. The highest BCUT2D eigenvalue weighted by Gasteiger charge is 2.29. The summed E-state index contributed by atoms with van der Waals surface area (Å²) in [7, 11) is 1.85. The fraction of sp³-hybridized carbons (Fsp3) is 0.500. The van der Waals surface area contributed by atoms with Gasteiger partial charge in [-0.05, 0) is 32.3 Å². The summed E-state index contributed by atoms with van der Waals surface area (Å²) in [6, 6.07) is 7.77. The van der Waals surface area contributed by atoms with Crippen LogP contribution in [0.2, 0.25) is 0 Å². The molecule has 112 valence electrons. The second-order valence-corrected chi connectivity index (χ2v) is 6.13. The summed E-state index contributed by atoms with van der Waals surface area (Å²) in [6.07, 6.45) is 2.17. The highest BCUT2D eigenvalue weighted by Crippen LogP contribution is 2.24. The molecule has 1 amide bonds. The van der Waals surface area contributed by atoms with Gasteiger partial charge >= 0.3 is 0 Å². The Kier molecular flexibility index (Phi) is 3.45. The average molecular weight is 287 g/mol. The number of amides is 1. The third-order valence-corrected chi connectivity index (χ3v) is 4.31. The van der Waals surface area contributed by atoms with Crippen molar-refractivity contribution in [1.82, 2.24) is 14.7 Å². The van der Waals surface area contributed by atoms with Crippen LogP contribution in [0.15, 0.2) is 24.3 Å². The summed E-state index contributed by atoms with van der Waals surface area (Å²) < 4.78 is 1.75. The van der Waals surface area contributed by atoms with Gasteiger partial charge in [0.2, 0.25) is 0 Å². The zero-order valence-corrected chi connectivity index (χ0v) is 12.5. The fourth-order valence-electron chi connectivity index (χ4n) is 2.99. The Hall–Kier alpha value is -1.88. The molecule has 3 rings (SSSR count). The zero-order chi connectivity index (χ0) is 15.0. The number of fused-ring (bicyclic) bond motifs is 1. The minimum Gasteiger partial charge on any atom is -0.390 e. The number of aliphatic hydroxyl groups is 1. The van der Waals surface area contributed by atoms with Crippen molar-refractivity contribution < 1.29 is 9.90 Å². The molecule has 0 aliphatic carbocycles. The van der Waals surface area contributed by atoms with E-state index in [2.05, 4.69) is 5.10 Å². The Labute approximate surface area is 124 Å². The van der Waals surface area contributed by atoms with E-state index >= 15 is 0 Å². The van der Waals surface area contributed by atoms with Gasteiger partial charge in [-0.15, -0.1) is 0 Å². The third kappa shape index (κ3) is 2.65. The molecular weight excluding hydrogens is 266 g/mol. The van der Waals surface area contributed by atoms with Crippen LogP contribution in [0, 0.1) is 0 Å². The minimum absolute atomic E-state index is 0.0375. The van der Waals surface area contributed by atoms with Gasteiger partial charge in [-0.1, -0.05) is 18.2 Å². The summed E-state index contributed by atoms with van der Waals surface area (Å²) in [4.78, 5) is 14.6. The number of aryl methyl sites for hydroxylation is 1. The largest absolute Gasteiger partial charge is 0.390 e. The predicted molar refractivity (Wildman–Crippen MR) is 81.1 cm³/mol. The Morgan fingerprint density at radius 2 is 2.05 bits per heavy atom. The molecule has 2 aromatic rings. The number of likely N-dealkylation sites (tertiary alicyclic amines) is 1. The molecule has 1 fully saturated rings. The molecule has 1 aromatic carbocycles. The second-order valence-electron chi connectivity index (χ2n) is 6.13. The number of hydrogen-bond donors (Lipinski definition) is 1. The summed E-state index contributed by atoms with van der Waals surface area (Å²) in [5, 5.41) is 15.4. The lowest BCUT2D eigenvalue weighted by molar-refractivity contribution is 0.0437. The van der Waals surface area contributed by atoms with E-state index in [1.54, 1.807) is 4.68 Å². The number of nitrogens with zero attached hydrogens (tertiary/aromatic N) is 3. The number of carbonyl (C=O) groups excluding carboxylic acids is 1. The van der Waals surface area contributed by atoms with E-state index in [9.17, 15) is 9.90 Å². The van der Waals surface area contributed by atoms with Crippen LogP contribution in [-0.2, 0) is 7.05 Å². The first-order valence-electron chi connectivity index (χ1n) is 7.41. The molecule has 1 N–H and O–H groups in total. The molecule has 2 heterocycles. The van der Waals surface area contributed by atoms with E-state index < -0.39 is 5.60 Å². The monoisotopic (exact) mass is 287 g/mol. The normalized spacial score (nSPS) is 23.3. The molecule has 0 spiro atoms. The summed E-state index contributed by atoms with van der Waals surface area (Å²) in [5.41, 5.74) is 0.804. The Bertz CT molecular complexity index is 675. The molecule has 1 aliphatic rings. The van der Waals surface area contributed by atoms with Crippen LogP contribution < -0.4 is 0 Å². The first-order chi connectivity index (χ1) is 9.98. The number of rotatable bonds is 1. The van der Waals surface area contributed by atoms with Crippen LogP contribution in [0.5, 0.6) is 0 Å². The van der Waals surface area contributed by atoms with Gasteiger partial charge in [-0.25, -0.2) is 0 Å². The molecular formula is C16H21N3O2. The first kappa shape index (κ1) is 14.1. The molecule has 21 heavy (non-hydrogen) atoms. The average Bonchev–Trinajstić information content (AvgIpc) is 2.68. The van der Waals surface area contributed by atoms with Gasteiger partial charge in [0.05, 0.1) is 11.1 Å². The van der Waals surface area contributed by atoms with Crippen LogP contribution >= 0.6 is 0 Å². The molecule has 1 saturated heterocycles. The van der Waals surface area contributed by atoms with Gasteiger partial charge in [-0.3, -0.25) is 9.48 Å². The molecule has 1 aromatic heterocycles. The highest BCUT2D eigenvalue weighted by atomic mass is 16.3. The topological polar surface area (TPSA) is 58.4 Å². The van der Waals surface area contributed by atoms with E-state index in [0.717, 1.165) is 23.7 Å². The molecule has 1 unspecified atom stereocenters. The Balaban J connectivity index is 1.90. The van der Waals surface area contributed by atoms with Gasteiger partial charge in [-0.2, -0.15) is 5.10 Å². The fourth-order valence-corrected chi connectivity index (χ4v) is 2.99. The predicted octanol–water partition coefficient (Wildman–Crippen LogP) is 1.95. The van der Waals surface area contributed by atoms with Crippen LogP contribution in [-0.4, -0.2) is 44.4 Å². The molecule has 5 nitrogen and oxygen atoms in total. The highest BCUT2D eigenvalue weighted by molar-refractivity contribution is 6.04. The summed E-state index contributed by atoms with van der Waals surface area (Å²) >= 11 is 0. The van der Waals surface area contributed by atoms with E-state index in [4.69, 9.17) is 0 Å². The van der Waals surface area contributed by atoms with Gasteiger partial charge in [0.25, 0.3) is 5.91 Å². The van der Waals surface area contributed by atoms with Crippen LogP contribution in [0.1, 0.15) is 36.7 Å². The maximum Gasteiger partial charge on any atom is 0.275 e. The molecule has 0 radical (unpaired) electrons. The minimum atomic E-state index is -0.665. The van der Waals surface area contributed by atoms with E-state index in [1.807, 2.05) is 43.1 Å². The van der Waals surface area contributed by atoms with Gasteiger partial charge in [0, 0.05) is 25.5 Å². The third-order valence-electron chi connectivity index (χ3n) is 4.31. The lowest BCUT2D eigenvalue weighted by Crippen LogP contribution is -2.33. The molecule has 1 atom stereocenters. The van der Waals surface area contributed by atoms with Crippen molar-refractivity contribution in [2.45, 2.75) is 31.8 Å². The quantitative estimate of drug-likeness (QED) is 0.872. The van der Waals surface area contributed by atoms with E-state index in [0.29, 0.717) is 25.2 Å². The van der Waals surface area contributed by atoms with Crippen molar-refractivity contribution in [3.05, 3.63) is 30.0 Å². The van der Waals surface area contributed by atoms with Crippen LogP contribution in [0.3, 0.4) is 0 Å². The van der Waals surface area contributed by atoms with Crippen molar-refractivity contribution in [2.24, 2.45) is 7.05 Å². The lowest BCUT2D eigenvalue weighted by atomic mass is 9.98. The van der Waals surface area contributed by atoms with Gasteiger partial charge in [0.15, 0.2) is 5.69 Å². The second kappa shape index (κ2) is 5.15. The smallest absolute Gasteiger partial charge is 0.275 e. The van der Waals surface area contributed by atoms with Crippen molar-refractivity contribution in [3.8, 4) is 0 Å². The standard InChI is InChI=1S/C16H21N3O2/c1-16(21)8-5-10-19(11-9-16)15(20)14-12-6-3-4-7-13(12)18(2)17-14/h3-4,6-7,21H,5,8-11H2,1-2H3. The number of hydrogen-bond acceptors (Lipinski definition) is 3. The van der Waals surface area contributed by atoms with Crippen LogP contribution in [0.4, 0.5) is 0 Å². The van der Waals surface area contributed by atoms with Crippen molar-refractivity contribution >= 4 is 16.8 Å². The van der Waals surface area contributed by atoms with Crippen molar-refractivity contribution in [2.75, 3.05) is 13.1 Å². The Morgan fingerprint density at radius 3 is 2.86 bits per heavy atom. The maximum absolute atomic E-state index is 12.8. The number of carbonyl (C=O) groups is 1. The zero-order valence-electron chi connectivity index (χ0n) is 12.5. The molecule has 0 bridgehead atoms. The molecule has 5 heteroatoms. The van der Waals surface area contributed by atoms with E-state index in [-0.39, 0.29) is 5.91 Å². The SMILES string of the molecule is Cn1nc(C(=O)N2CCCC(C)(O)CC2)c2ccccc21. The van der Waals surface area contributed by atoms with Crippen LogP contribution in [0.25, 0.3) is 10.9 Å².